The van der Waals surface area contributed by atoms with Gasteiger partial charge in [-0.15, -0.1) is 0 Å². The average molecular weight is 870 g/mol. The molecule has 0 bridgehead atoms. The molecular formula is C46H50N4OPt-2. The first-order chi connectivity index (χ1) is 24.5. The van der Waals surface area contributed by atoms with Crippen molar-refractivity contribution in [3.8, 4) is 17.2 Å². The summed E-state index contributed by atoms with van der Waals surface area (Å²) in [6.07, 6.45) is 2.91. The molecule has 0 saturated carbocycles. The zero-order valence-electron chi connectivity index (χ0n) is 32.2. The van der Waals surface area contributed by atoms with Gasteiger partial charge in [-0.05, 0) is 39.0 Å². The van der Waals surface area contributed by atoms with Gasteiger partial charge in [0, 0.05) is 6.20 Å². The molecular weight excluding hydrogens is 820 g/mol. The van der Waals surface area contributed by atoms with Crippen molar-refractivity contribution in [2.24, 2.45) is 7.05 Å². The number of anilines is 2. The van der Waals surface area contributed by atoms with Gasteiger partial charge in [0.2, 0.25) is 0 Å². The van der Waals surface area contributed by atoms with Crippen molar-refractivity contribution in [2.45, 2.75) is 90.9 Å². The summed E-state index contributed by atoms with van der Waals surface area (Å²) in [6.45, 7) is 21.4. The van der Waals surface area contributed by atoms with Crippen LogP contribution in [0.15, 0.2) is 91.1 Å². The number of aromatic nitrogens is 3. The topological polar surface area (TPSA) is 35.2 Å². The van der Waals surface area contributed by atoms with E-state index < -0.39 is 0 Å². The summed E-state index contributed by atoms with van der Waals surface area (Å²) in [5.74, 6) is 2.45. The molecule has 0 N–H and O–H groups in total. The molecule has 6 aromatic rings. The number of fused-ring (bicyclic) bond motifs is 2. The second-order valence-electron chi connectivity index (χ2n) is 17.2. The number of rotatable bonds is 5. The van der Waals surface area contributed by atoms with Crippen LogP contribution in [0.2, 0.25) is 0 Å². The molecule has 6 heteroatoms. The minimum atomic E-state index is 0.00503. The molecule has 272 valence electrons. The Balaban J connectivity index is 1.33. The SMILES string of the molecule is Cn1[c](=[Pt])n(-c2[c-]c(Oc3[c-]c4c(cc3)C(c3cc(C(C)(C)C)cc(C(C)(C)C)c3)CCN4c3cc(C(C)(C)C)ccn3)ccc2)c2ccccc21. The normalized spacial score (nSPS) is 15.2. The van der Waals surface area contributed by atoms with E-state index in [9.17, 15) is 0 Å². The number of nitrogens with zero attached hydrogens (tertiary/aromatic N) is 4. The number of benzene rings is 4. The van der Waals surface area contributed by atoms with Gasteiger partial charge in [-0.3, -0.25) is 0 Å². The van der Waals surface area contributed by atoms with Crippen LogP contribution in [0.4, 0.5) is 11.5 Å². The van der Waals surface area contributed by atoms with Gasteiger partial charge in [-0.2, -0.15) is 0 Å². The van der Waals surface area contributed by atoms with E-state index in [1.165, 1.54) is 27.8 Å². The molecule has 1 atom stereocenters. The van der Waals surface area contributed by atoms with Crippen LogP contribution in [0.5, 0.6) is 11.5 Å². The van der Waals surface area contributed by atoms with E-state index in [1.807, 2.05) is 18.3 Å². The summed E-state index contributed by atoms with van der Waals surface area (Å²) in [7, 11) is 2.10. The van der Waals surface area contributed by atoms with E-state index >= 15 is 0 Å². The van der Waals surface area contributed by atoms with Crippen LogP contribution in [-0.4, -0.2) is 20.7 Å². The fraction of sp³-hybridized carbons (Fsp3) is 0.348. The van der Waals surface area contributed by atoms with Crippen LogP contribution in [-0.2, 0) is 42.6 Å². The molecule has 0 radical (unpaired) electrons. The Bertz CT molecular complexity index is 2310. The van der Waals surface area contributed by atoms with Gasteiger partial charge in [-0.25, -0.2) is 0 Å². The summed E-state index contributed by atoms with van der Waals surface area (Å²) in [5, 5.41) is 0. The van der Waals surface area contributed by atoms with Crippen LogP contribution in [0, 0.1) is 15.9 Å². The fourth-order valence-electron chi connectivity index (χ4n) is 7.13. The molecule has 7 rings (SSSR count). The predicted molar refractivity (Wildman–Crippen MR) is 210 cm³/mol. The van der Waals surface area contributed by atoms with E-state index in [0.29, 0.717) is 11.5 Å². The van der Waals surface area contributed by atoms with Crippen molar-refractivity contribution in [1.82, 2.24) is 14.1 Å². The quantitative estimate of drug-likeness (QED) is 0.162. The zero-order chi connectivity index (χ0) is 37.2. The summed E-state index contributed by atoms with van der Waals surface area (Å²) in [4.78, 5) is 7.25. The van der Waals surface area contributed by atoms with E-state index in [0.717, 1.165) is 45.0 Å². The third-order valence-corrected chi connectivity index (χ3v) is 11.6. The van der Waals surface area contributed by atoms with E-state index in [2.05, 4.69) is 188 Å². The van der Waals surface area contributed by atoms with Crippen LogP contribution >= 0.6 is 0 Å². The molecule has 3 heterocycles. The number of ether oxygens (including phenoxy) is 1. The fourth-order valence-corrected chi connectivity index (χ4v) is 7.95. The van der Waals surface area contributed by atoms with E-state index in [4.69, 9.17) is 9.72 Å². The Hall–Kier alpha value is -4.21. The van der Waals surface area contributed by atoms with Gasteiger partial charge in [0.05, 0.1) is 0 Å². The predicted octanol–water partition coefficient (Wildman–Crippen LogP) is 11.4. The first-order valence-corrected chi connectivity index (χ1v) is 19.4. The Morgan fingerprint density at radius 2 is 1.37 bits per heavy atom. The second-order valence-corrected chi connectivity index (χ2v) is 18.3. The standard InChI is InChI=1S/C46H50N4O.Pt/c1-44(2,3)32-20-22-47-43(27-32)49-23-21-38(31-24-33(45(4,5)6)26-34(25-31)46(7,8)9)39-19-18-37(29-42(39)49)51-36-15-13-14-35(28-36)50-30-48(10)40-16-11-12-17-41(40)50;/h11-20,22,24-27,38H,21,23H2,1-10H3;/q-2;. The molecule has 2 aromatic heterocycles. The zero-order valence-corrected chi connectivity index (χ0v) is 34.4. The molecule has 4 aromatic carbocycles. The van der Waals surface area contributed by atoms with Gasteiger partial charge >= 0.3 is 196 Å². The summed E-state index contributed by atoms with van der Waals surface area (Å²) < 4.78 is 12.1. The Labute approximate surface area is 320 Å². The molecule has 1 aliphatic rings. The number of aryl methyl sites for hydroxylation is 1. The van der Waals surface area contributed by atoms with Crippen molar-refractivity contribution >= 4 is 22.5 Å². The molecule has 0 aliphatic carbocycles. The Morgan fingerprint density at radius 3 is 2.04 bits per heavy atom. The van der Waals surface area contributed by atoms with Gasteiger partial charge in [0.15, 0.2) is 0 Å². The molecule has 5 nitrogen and oxygen atoms in total. The van der Waals surface area contributed by atoms with Crippen LogP contribution in [0.1, 0.15) is 102 Å². The van der Waals surface area contributed by atoms with Crippen LogP contribution in [0.3, 0.4) is 0 Å². The number of imidazole rings is 1. The van der Waals surface area contributed by atoms with Gasteiger partial charge in [0.1, 0.15) is 0 Å². The molecule has 0 saturated heterocycles. The third kappa shape index (κ3) is 6.97. The van der Waals surface area contributed by atoms with Gasteiger partial charge in [0.25, 0.3) is 0 Å². The average Bonchev–Trinajstić information content (AvgIpc) is 3.35. The number of hydrogen-bond acceptors (Lipinski definition) is 3. The number of para-hydroxylation sites is 2. The van der Waals surface area contributed by atoms with E-state index in [-0.39, 0.29) is 22.2 Å². The molecule has 1 unspecified atom stereocenters. The first kappa shape index (κ1) is 36.2. The molecule has 0 amide bonds. The van der Waals surface area contributed by atoms with Gasteiger partial charge < -0.3 is 0 Å². The van der Waals surface area contributed by atoms with Crippen molar-refractivity contribution in [2.75, 3.05) is 11.4 Å². The number of hydrogen-bond donors (Lipinski definition) is 0. The van der Waals surface area contributed by atoms with Crippen molar-refractivity contribution in [1.29, 1.82) is 0 Å². The summed E-state index contributed by atoms with van der Waals surface area (Å²) >= 11 is 2.38. The molecule has 1 aliphatic heterocycles. The maximum absolute atomic E-state index is 6.62. The Morgan fingerprint density at radius 1 is 0.712 bits per heavy atom. The van der Waals surface area contributed by atoms with Crippen molar-refractivity contribution in [3.63, 3.8) is 0 Å². The maximum atomic E-state index is 6.62. The summed E-state index contributed by atoms with van der Waals surface area (Å²) in [5.41, 5.74) is 10.9. The molecule has 0 fully saturated rings. The van der Waals surface area contributed by atoms with Crippen LogP contribution in [0.25, 0.3) is 16.7 Å². The number of pyridine rings is 1. The van der Waals surface area contributed by atoms with Crippen LogP contribution < -0.4 is 9.64 Å². The minimum absolute atomic E-state index is 0.00503. The molecule has 0 spiro atoms. The molecule has 52 heavy (non-hydrogen) atoms. The third-order valence-electron chi connectivity index (χ3n) is 10.3. The van der Waals surface area contributed by atoms with Crippen molar-refractivity contribution < 1.29 is 24.1 Å². The summed E-state index contributed by atoms with van der Waals surface area (Å²) in [6, 6.07) is 37.8. The second kappa shape index (κ2) is 13.3. The Kier molecular flexibility index (Phi) is 9.27. The van der Waals surface area contributed by atoms with Gasteiger partial charge in [-0.1, -0.05) is 80.5 Å². The van der Waals surface area contributed by atoms with E-state index in [1.54, 1.807) is 0 Å². The monoisotopic (exact) mass is 869 g/mol. The van der Waals surface area contributed by atoms with Crippen molar-refractivity contribution in [3.05, 3.63) is 135 Å². The first-order valence-electron chi connectivity index (χ1n) is 18.3.